The van der Waals surface area contributed by atoms with Crippen LogP contribution in [0.4, 0.5) is 5.69 Å². The molecule has 3 aliphatic heterocycles. The molecule has 2 saturated heterocycles. The van der Waals surface area contributed by atoms with Gasteiger partial charge in [-0.2, -0.15) is 0 Å². The normalized spacial score (nSPS) is 25.6. The summed E-state index contributed by atoms with van der Waals surface area (Å²) in [6, 6.07) is 6.90. The number of nitrogens with zero attached hydrogens (tertiary/aromatic N) is 2. The molecule has 1 atom stereocenters. The average molecular weight is 333 g/mol. The van der Waals surface area contributed by atoms with Gasteiger partial charge in [-0.1, -0.05) is 6.07 Å². The molecule has 6 nitrogen and oxygen atoms in total. The van der Waals surface area contributed by atoms with Crippen LogP contribution in [-0.2, 0) is 16.0 Å². The van der Waals surface area contributed by atoms with Gasteiger partial charge in [-0.25, -0.2) is 0 Å². The van der Waals surface area contributed by atoms with Gasteiger partial charge in [0, 0.05) is 39.3 Å². The molecule has 1 N–H and O–H groups in total. The fourth-order valence-corrected chi connectivity index (χ4v) is 3.57. The van der Waals surface area contributed by atoms with Gasteiger partial charge in [-0.05, 0) is 17.7 Å². The summed E-state index contributed by atoms with van der Waals surface area (Å²) in [6.07, 6.45) is 0. The van der Waals surface area contributed by atoms with Crippen molar-refractivity contribution < 1.29 is 14.2 Å². The van der Waals surface area contributed by atoms with Crippen LogP contribution in [-0.4, -0.2) is 81.6 Å². The molecule has 0 saturated carbocycles. The fourth-order valence-electron chi connectivity index (χ4n) is 3.57. The number of rotatable bonds is 4. The summed E-state index contributed by atoms with van der Waals surface area (Å²) in [6.45, 7) is 10.1. The third-order valence-electron chi connectivity index (χ3n) is 4.94. The topological polar surface area (TPSA) is 46.2 Å². The molecule has 132 valence electrons. The van der Waals surface area contributed by atoms with Crippen molar-refractivity contribution in [3.05, 3.63) is 23.8 Å². The Morgan fingerprint density at radius 3 is 2.42 bits per heavy atom. The number of morpholine rings is 2. The van der Waals surface area contributed by atoms with Crippen LogP contribution < -0.4 is 10.1 Å². The third kappa shape index (κ3) is 4.00. The Balaban J connectivity index is 1.34. The van der Waals surface area contributed by atoms with Crippen LogP contribution in [0.15, 0.2) is 18.2 Å². The van der Waals surface area contributed by atoms with E-state index in [0.29, 0.717) is 6.04 Å². The largest absolute Gasteiger partial charge is 0.489 e. The quantitative estimate of drug-likeness (QED) is 0.888. The molecular formula is C18H27N3O3. The zero-order valence-electron chi connectivity index (χ0n) is 14.2. The monoisotopic (exact) mass is 333 g/mol. The number of hydrogen-bond donors (Lipinski definition) is 1. The molecule has 2 fully saturated rings. The van der Waals surface area contributed by atoms with E-state index in [1.54, 1.807) is 0 Å². The van der Waals surface area contributed by atoms with Gasteiger partial charge in [0.15, 0.2) is 0 Å². The minimum atomic E-state index is 0.348. The van der Waals surface area contributed by atoms with E-state index in [4.69, 9.17) is 14.2 Å². The van der Waals surface area contributed by atoms with E-state index in [1.807, 2.05) is 0 Å². The average Bonchev–Trinajstić information content (AvgIpc) is 2.64. The van der Waals surface area contributed by atoms with E-state index < -0.39 is 0 Å². The van der Waals surface area contributed by atoms with E-state index in [-0.39, 0.29) is 0 Å². The van der Waals surface area contributed by atoms with Crippen LogP contribution in [0.25, 0.3) is 0 Å². The summed E-state index contributed by atoms with van der Waals surface area (Å²) in [5.74, 6) is 0.985. The minimum absolute atomic E-state index is 0.348. The van der Waals surface area contributed by atoms with Crippen LogP contribution in [0.5, 0.6) is 5.75 Å². The molecule has 3 heterocycles. The summed E-state index contributed by atoms with van der Waals surface area (Å²) in [5.41, 5.74) is 2.43. The van der Waals surface area contributed by atoms with Gasteiger partial charge < -0.3 is 19.5 Å². The van der Waals surface area contributed by atoms with Crippen LogP contribution in [0, 0.1) is 0 Å². The zero-order chi connectivity index (χ0) is 16.2. The van der Waals surface area contributed by atoms with E-state index in [0.717, 1.165) is 83.7 Å². The summed E-state index contributed by atoms with van der Waals surface area (Å²) < 4.78 is 16.9. The Hall–Kier alpha value is -1.34. The van der Waals surface area contributed by atoms with Crippen molar-refractivity contribution in [2.75, 3.05) is 71.1 Å². The SMILES string of the molecule is c1cc2c(cc1CN1CCOCC1)OCC(CN1CCOCC1)N2. The highest BCUT2D eigenvalue weighted by atomic mass is 16.5. The van der Waals surface area contributed by atoms with Gasteiger partial charge in [0.1, 0.15) is 12.4 Å². The lowest BCUT2D eigenvalue weighted by molar-refractivity contribution is 0.0333. The molecule has 0 aromatic heterocycles. The predicted octanol–water partition coefficient (Wildman–Crippen LogP) is 1.02. The molecule has 1 unspecified atom stereocenters. The van der Waals surface area contributed by atoms with Gasteiger partial charge in [0.2, 0.25) is 0 Å². The minimum Gasteiger partial charge on any atom is -0.489 e. The second-order valence-corrected chi connectivity index (χ2v) is 6.78. The molecule has 6 heteroatoms. The first-order chi connectivity index (χ1) is 11.9. The van der Waals surface area contributed by atoms with Crippen LogP contribution in [0.3, 0.4) is 0 Å². The van der Waals surface area contributed by atoms with Gasteiger partial charge in [-0.3, -0.25) is 9.80 Å². The third-order valence-corrected chi connectivity index (χ3v) is 4.94. The lowest BCUT2D eigenvalue weighted by Gasteiger charge is -2.34. The maximum atomic E-state index is 6.04. The number of hydrogen-bond acceptors (Lipinski definition) is 6. The molecule has 0 amide bonds. The number of ether oxygens (including phenoxy) is 3. The Morgan fingerprint density at radius 2 is 1.67 bits per heavy atom. The maximum Gasteiger partial charge on any atom is 0.142 e. The van der Waals surface area contributed by atoms with Crippen molar-refractivity contribution in [2.45, 2.75) is 12.6 Å². The van der Waals surface area contributed by atoms with E-state index in [2.05, 4.69) is 33.3 Å². The Morgan fingerprint density at radius 1 is 0.958 bits per heavy atom. The molecule has 3 aliphatic rings. The van der Waals surface area contributed by atoms with Gasteiger partial charge in [0.05, 0.1) is 38.2 Å². The van der Waals surface area contributed by atoms with Crippen molar-refractivity contribution in [3.8, 4) is 5.75 Å². The molecule has 24 heavy (non-hydrogen) atoms. The van der Waals surface area contributed by atoms with Crippen LogP contribution in [0.2, 0.25) is 0 Å². The number of anilines is 1. The van der Waals surface area contributed by atoms with E-state index >= 15 is 0 Å². The molecule has 0 aliphatic carbocycles. The van der Waals surface area contributed by atoms with Crippen molar-refractivity contribution in [3.63, 3.8) is 0 Å². The Kier molecular flexibility index (Phi) is 5.18. The Labute approximate surface area is 143 Å². The molecule has 1 aromatic rings. The smallest absolute Gasteiger partial charge is 0.142 e. The van der Waals surface area contributed by atoms with Crippen LogP contribution in [0.1, 0.15) is 5.56 Å². The highest BCUT2D eigenvalue weighted by Crippen LogP contribution is 2.30. The lowest BCUT2D eigenvalue weighted by atomic mass is 10.1. The Bertz CT molecular complexity index is 542. The standard InChI is InChI=1S/C18H27N3O3/c1-2-17-18(11-15(1)12-20-3-7-22-8-4-20)24-14-16(19-17)13-21-5-9-23-10-6-21/h1-2,11,16,19H,3-10,12-14H2. The molecular weight excluding hydrogens is 306 g/mol. The van der Waals surface area contributed by atoms with Crippen molar-refractivity contribution in [2.24, 2.45) is 0 Å². The summed E-state index contributed by atoms with van der Waals surface area (Å²) >= 11 is 0. The first-order valence-corrected chi connectivity index (χ1v) is 8.99. The summed E-state index contributed by atoms with van der Waals surface area (Å²) in [7, 11) is 0. The number of fused-ring (bicyclic) bond motifs is 1. The van der Waals surface area contributed by atoms with Gasteiger partial charge in [-0.15, -0.1) is 0 Å². The van der Waals surface area contributed by atoms with Gasteiger partial charge in [0.25, 0.3) is 0 Å². The number of nitrogens with one attached hydrogen (secondary N) is 1. The van der Waals surface area contributed by atoms with Crippen molar-refractivity contribution in [1.29, 1.82) is 0 Å². The zero-order valence-corrected chi connectivity index (χ0v) is 14.2. The maximum absolute atomic E-state index is 6.04. The molecule has 1 aromatic carbocycles. The molecule has 4 rings (SSSR count). The summed E-state index contributed by atoms with van der Waals surface area (Å²) in [5, 5.41) is 3.63. The fraction of sp³-hybridized carbons (Fsp3) is 0.667. The molecule has 0 radical (unpaired) electrons. The first kappa shape index (κ1) is 16.1. The second-order valence-electron chi connectivity index (χ2n) is 6.78. The first-order valence-electron chi connectivity index (χ1n) is 8.99. The predicted molar refractivity (Wildman–Crippen MR) is 92.7 cm³/mol. The summed E-state index contributed by atoms with van der Waals surface area (Å²) in [4.78, 5) is 4.88. The highest BCUT2D eigenvalue weighted by Gasteiger charge is 2.23. The van der Waals surface area contributed by atoms with Crippen molar-refractivity contribution >= 4 is 5.69 Å². The number of benzene rings is 1. The van der Waals surface area contributed by atoms with Gasteiger partial charge >= 0.3 is 0 Å². The second kappa shape index (κ2) is 7.70. The molecule has 0 bridgehead atoms. The van der Waals surface area contributed by atoms with E-state index in [9.17, 15) is 0 Å². The highest BCUT2D eigenvalue weighted by molar-refractivity contribution is 5.59. The van der Waals surface area contributed by atoms with Crippen LogP contribution >= 0.6 is 0 Å². The van der Waals surface area contributed by atoms with Crippen molar-refractivity contribution in [1.82, 2.24) is 9.80 Å². The molecule has 0 spiro atoms. The lowest BCUT2D eigenvalue weighted by Crippen LogP contribution is -2.46. The van der Waals surface area contributed by atoms with E-state index in [1.165, 1.54) is 5.56 Å².